The Bertz CT molecular complexity index is 1160. The number of amides is 1. The highest BCUT2D eigenvalue weighted by atomic mass is 79.9. The van der Waals surface area contributed by atoms with E-state index in [0.29, 0.717) is 11.4 Å². The maximum atomic E-state index is 12.6. The summed E-state index contributed by atoms with van der Waals surface area (Å²) < 4.78 is 34.1. The number of sulfonamides is 1. The highest BCUT2D eigenvalue weighted by molar-refractivity contribution is 9.10. The van der Waals surface area contributed by atoms with Crippen LogP contribution in [0.15, 0.2) is 82.2 Å². The van der Waals surface area contributed by atoms with Crippen molar-refractivity contribution in [2.24, 2.45) is 0 Å². The molecule has 0 bridgehead atoms. The first-order valence-electron chi connectivity index (χ1n) is 9.60. The lowest BCUT2D eigenvalue weighted by atomic mass is 10.1. The van der Waals surface area contributed by atoms with E-state index in [0.717, 1.165) is 15.6 Å². The van der Waals surface area contributed by atoms with Gasteiger partial charge >= 0.3 is 0 Å². The van der Waals surface area contributed by atoms with Crippen molar-refractivity contribution >= 4 is 37.5 Å². The number of benzene rings is 3. The van der Waals surface area contributed by atoms with Gasteiger partial charge in [-0.15, -0.1) is 0 Å². The fourth-order valence-corrected chi connectivity index (χ4v) is 4.40. The third-order valence-electron chi connectivity index (χ3n) is 4.50. The molecule has 0 radical (unpaired) electrons. The predicted octanol–water partition coefficient (Wildman–Crippen LogP) is 4.81. The second kappa shape index (κ2) is 9.98. The van der Waals surface area contributed by atoms with E-state index in [9.17, 15) is 13.2 Å². The fourth-order valence-electron chi connectivity index (χ4n) is 2.93. The molecule has 0 saturated carbocycles. The Labute approximate surface area is 190 Å². The second-order valence-electron chi connectivity index (χ2n) is 7.08. The summed E-state index contributed by atoms with van der Waals surface area (Å²) in [6.07, 6.45) is 0. The van der Waals surface area contributed by atoms with Gasteiger partial charge in [0.2, 0.25) is 0 Å². The predicted molar refractivity (Wildman–Crippen MR) is 125 cm³/mol. The molecule has 0 saturated heterocycles. The Morgan fingerprint density at radius 3 is 2.42 bits per heavy atom. The minimum absolute atomic E-state index is 0.106. The zero-order chi connectivity index (χ0) is 22.4. The largest absolute Gasteiger partial charge is 0.484 e. The van der Waals surface area contributed by atoms with E-state index in [1.807, 2.05) is 44.2 Å². The summed E-state index contributed by atoms with van der Waals surface area (Å²) >= 11 is 3.41. The molecule has 31 heavy (non-hydrogen) atoms. The van der Waals surface area contributed by atoms with Gasteiger partial charge in [-0.1, -0.05) is 40.2 Å². The molecule has 2 N–H and O–H groups in total. The van der Waals surface area contributed by atoms with Crippen LogP contribution in [0.4, 0.5) is 5.69 Å². The molecule has 0 aromatic heterocycles. The van der Waals surface area contributed by atoms with E-state index in [2.05, 4.69) is 26.0 Å². The van der Waals surface area contributed by atoms with E-state index in [1.54, 1.807) is 18.2 Å². The third kappa shape index (κ3) is 6.57. The number of aryl methyl sites for hydroxylation is 1. The van der Waals surface area contributed by atoms with Gasteiger partial charge < -0.3 is 10.1 Å². The molecule has 3 rings (SSSR count). The van der Waals surface area contributed by atoms with E-state index in [4.69, 9.17) is 4.74 Å². The van der Waals surface area contributed by atoms with Gasteiger partial charge in [-0.2, -0.15) is 0 Å². The molecule has 3 aromatic carbocycles. The number of hydrogen-bond acceptors (Lipinski definition) is 4. The molecule has 1 amide bonds. The first-order chi connectivity index (χ1) is 14.7. The van der Waals surface area contributed by atoms with Crippen LogP contribution >= 0.6 is 15.9 Å². The fraction of sp³-hybridized carbons (Fsp3) is 0.174. The maximum absolute atomic E-state index is 12.6. The number of hydrogen-bond donors (Lipinski definition) is 2. The van der Waals surface area contributed by atoms with Crippen LogP contribution in [0.5, 0.6) is 5.75 Å². The molecule has 8 heteroatoms. The van der Waals surface area contributed by atoms with Crippen molar-refractivity contribution in [3.8, 4) is 5.75 Å². The molecule has 0 heterocycles. The number of carbonyl (C=O) groups excluding carboxylic acids is 1. The van der Waals surface area contributed by atoms with Crippen molar-refractivity contribution < 1.29 is 17.9 Å². The summed E-state index contributed by atoms with van der Waals surface area (Å²) in [5, 5.41) is 2.87. The number of rotatable bonds is 8. The summed E-state index contributed by atoms with van der Waals surface area (Å²) in [6, 6.07) is 20.6. The molecule has 162 valence electrons. The number of halogens is 1. The van der Waals surface area contributed by atoms with Gasteiger partial charge in [0, 0.05) is 10.2 Å². The minimum atomic E-state index is -3.72. The number of anilines is 1. The normalized spacial score (nSPS) is 12.1. The van der Waals surface area contributed by atoms with Gasteiger partial charge in [0.05, 0.1) is 10.9 Å². The molecule has 6 nitrogen and oxygen atoms in total. The molecule has 0 aliphatic carbocycles. The van der Waals surface area contributed by atoms with Gasteiger partial charge in [-0.25, -0.2) is 8.42 Å². The first kappa shape index (κ1) is 22.8. The van der Waals surface area contributed by atoms with E-state index >= 15 is 0 Å². The topological polar surface area (TPSA) is 84.5 Å². The number of ether oxygens (including phenoxy) is 1. The highest BCUT2D eigenvalue weighted by Crippen LogP contribution is 2.20. The summed E-state index contributed by atoms with van der Waals surface area (Å²) in [6.45, 7) is 3.60. The van der Waals surface area contributed by atoms with Crippen LogP contribution in [0.2, 0.25) is 0 Å². The van der Waals surface area contributed by atoms with E-state index in [-0.39, 0.29) is 23.5 Å². The van der Waals surface area contributed by atoms with E-state index < -0.39 is 10.0 Å². The van der Waals surface area contributed by atoms with Crippen LogP contribution in [-0.4, -0.2) is 20.9 Å². The molecule has 1 unspecified atom stereocenters. The van der Waals surface area contributed by atoms with Crippen LogP contribution in [0, 0.1) is 6.92 Å². The number of nitrogens with one attached hydrogen (secondary N) is 2. The molecular formula is C23H23BrN2O4S. The molecule has 3 aromatic rings. The van der Waals surface area contributed by atoms with Crippen LogP contribution in [-0.2, 0) is 14.8 Å². The zero-order valence-corrected chi connectivity index (χ0v) is 19.5. The van der Waals surface area contributed by atoms with Crippen molar-refractivity contribution in [2.45, 2.75) is 24.8 Å². The monoisotopic (exact) mass is 502 g/mol. The summed E-state index contributed by atoms with van der Waals surface area (Å²) in [4.78, 5) is 12.3. The molecular weight excluding hydrogens is 480 g/mol. The molecule has 0 aliphatic heterocycles. The average Bonchev–Trinajstić information content (AvgIpc) is 2.72. The Morgan fingerprint density at radius 1 is 1.03 bits per heavy atom. The van der Waals surface area contributed by atoms with Crippen LogP contribution in [0.3, 0.4) is 0 Å². The van der Waals surface area contributed by atoms with E-state index in [1.165, 1.54) is 24.3 Å². The molecule has 0 aliphatic rings. The zero-order valence-electron chi connectivity index (χ0n) is 17.1. The van der Waals surface area contributed by atoms with Crippen molar-refractivity contribution in [1.29, 1.82) is 0 Å². The SMILES string of the molecule is Cc1cccc(NS(=O)(=O)c2ccc(OCC(=O)NC(C)c3cccc(Br)c3)cc2)c1. The lowest BCUT2D eigenvalue weighted by Gasteiger charge is -2.15. The van der Waals surface area contributed by atoms with Crippen molar-refractivity contribution in [3.63, 3.8) is 0 Å². The molecule has 1 atom stereocenters. The summed E-state index contributed by atoms with van der Waals surface area (Å²) in [5.41, 5.74) is 2.42. The smallest absolute Gasteiger partial charge is 0.261 e. The van der Waals surface area contributed by atoms with Crippen LogP contribution < -0.4 is 14.8 Å². The lowest BCUT2D eigenvalue weighted by Crippen LogP contribution is -2.31. The van der Waals surface area contributed by atoms with Crippen molar-refractivity contribution in [2.75, 3.05) is 11.3 Å². The summed E-state index contributed by atoms with van der Waals surface area (Å²) in [5.74, 6) is 0.130. The van der Waals surface area contributed by atoms with Gasteiger partial charge in [0.1, 0.15) is 5.75 Å². The van der Waals surface area contributed by atoms with Crippen molar-refractivity contribution in [1.82, 2.24) is 5.32 Å². The van der Waals surface area contributed by atoms with Crippen LogP contribution in [0.25, 0.3) is 0 Å². The minimum Gasteiger partial charge on any atom is -0.484 e. The van der Waals surface area contributed by atoms with Gasteiger partial charge in [-0.3, -0.25) is 9.52 Å². The third-order valence-corrected chi connectivity index (χ3v) is 6.39. The average molecular weight is 503 g/mol. The van der Waals surface area contributed by atoms with Crippen LogP contribution in [0.1, 0.15) is 24.1 Å². The standard InChI is InChI=1S/C23H23BrN2O4S/c1-16-5-3-8-20(13-16)26-31(28,29)22-11-9-21(10-12-22)30-15-23(27)25-17(2)18-6-4-7-19(24)14-18/h3-14,17,26H,15H2,1-2H3,(H,25,27). The number of carbonyl (C=O) groups is 1. The Balaban J connectivity index is 1.56. The first-order valence-corrected chi connectivity index (χ1v) is 11.9. The van der Waals surface area contributed by atoms with Gasteiger partial charge in [0.15, 0.2) is 6.61 Å². The maximum Gasteiger partial charge on any atom is 0.261 e. The van der Waals surface area contributed by atoms with Gasteiger partial charge in [0.25, 0.3) is 15.9 Å². The van der Waals surface area contributed by atoms with Crippen molar-refractivity contribution in [3.05, 3.63) is 88.4 Å². The highest BCUT2D eigenvalue weighted by Gasteiger charge is 2.15. The Hall–Kier alpha value is -2.84. The van der Waals surface area contributed by atoms with Gasteiger partial charge in [-0.05, 0) is 73.5 Å². The molecule has 0 fully saturated rings. The molecule has 0 spiro atoms. The Morgan fingerprint density at radius 2 is 1.74 bits per heavy atom. The quantitative estimate of drug-likeness (QED) is 0.462. The second-order valence-corrected chi connectivity index (χ2v) is 9.68. The Kier molecular flexibility index (Phi) is 7.35. The lowest BCUT2D eigenvalue weighted by molar-refractivity contribution is -0.123. The summed E-state index contributed by atoms with van der Waals surface area (Å²) in [7, 11) is -3.72.